The molecule has 3 aromatic carbocycles. The second kappa shape index (κ2) is 9.13. The van der Waals surface area contributed by atoms with Gasteiger partial charge in [0.2, 0.25) is 5.91 Å². The molecule has 31 heavy (non-hydrogen) atoms. The molecule has 0 aliphatic rings. The maximum absolute atomic E-state index is 12.5. The highest BCUT2D eigenvalue weighted by molar-refractivity contribution is 5.90. The van der Waals surface area contributed by atoms with Crippen LogP contribution in [0.25, 0.3) is 10.8 Å². The van der Waals surface area contributed by atoms with Crippen molar-refractivity contribution in [2.45, 2.75) is 13.5 Å². The van der Waals surface area contributed by atoms with Crippen LogP contribution in [0.2, 0.25) is 0 Å². The van der Waals surface area contributed by atoms with Gasteiger partial charge in [-0.3, -0.25) is 9.59 Å². The van der Waals surface area contributed by atoms with Crippen LogP contribution in [-0.4, -0.2) is 22.3 Å². The summed E-state index contributed by atoms with van der Waals surface area (Å²) in [6, 6.07) is 21.5. The molecule has 0 aliphatic carbocycles. The number of aromatic nitrogens is 2. The van der Waals surface area contributed by atoms with Crippen molar-refractivity contribution in [2.75, 3.05) is 11.9 Å². The molecule has 4 aromatic rings. The van der Waals surface area contributed by atoms with Crippen LogP contribution >= 0.6 is 0 Å². The van der Waals surface area contributed by atoms with E-state index < -0.39 is 0 Å². The maximum Gasteiger partial charge on any atom is 0.275 e. The van der Waals surface area contributed by atoms with E-state index in [4.69, 9.17) is 9.47 Å². The van der Waals surface area contributed by atoms with Crippen molar-refractivity contribution in [3.05, 3.63) is 89.3 Å². The highest BCUT2D eigenvalue weighted by atomic mass is 16.5. The number of rotatable bonds is 7. The van der Waals surface area contributed by atoms with Gasteiger partial charge < -0.3 is 14.8 Å². The van der Waals surface area contributed by atoms with Gasteiger partial charge in [-0.05, 0) is 61.5 Å². The molecule has 1 N–H and O–H groups in total. The molecule has 0 bridgehead atoms. The lowest BCUT2D eigenvalue weighted by Crippen LogP contribution is -2.29. The number of nitrogens with one attached hydrogen (secondary N) is 1. The molecule has 1 aromatic heterocycles. The number of hydrogen-bond donors (Lipinski definition) is 1. The molecule has 1 heterocycles. The Balaban J connectivity index is 1.38. The predicted octanol–water partition coefficient (Wildman–Crippen LogP) is 4.23. The molecule has 0 unspecified atom stereocenters. The average Bonchev–Trinajstić information content (AvgIpc) is 2.79. The first kappa shape index (κ1) is 20.2. The standard InChI is InChI=1S/C24H21N3O4/c1-2-30-19-11-13-21(14-12-19)31-20-9-7-18(8-10-20)26-23(28)16-27-24(29)22-6-4-3-5-17(22)15-25-27/h3-15H,2,16H2,1H3,(H,26,28). The Morgan fingerprint density at radius 2 is 1.58 bits per heavy atom. The van der Waals surface area contributed by atoms with Crippen LogP contribution in [0.4, 0.5) is 5.69 Å². The van der Waals surface area contributed by atoms with Crippen LogP contribution in [0.1, 0.15) is 6.92 Å². The SMILES string of the molecule is CCOc1ccc(Oc2ccc(NC(=O)Cn3ncc4ccccc4c3=O)cc2)cc1. The molecule has 4 rings (SSSR count). The fourth-order valence-corrected chi connectivity index (χ4v) is 3.09. The molecular weight excluding hydrogens is 394 g/mol. The number of carbonyl (C=O) groups is 1. The van der Waals surface area contributed by atoms with Crippen LogP contribution in [-0.2, 0) is 11.3 Å². The van der Waals surface area contributed by atoms with Crippen LogP contribution < -0.4 is 20.3 Å². The highest BCUT2D eigenvalue weighted by Crippen LogP contribution is 2.25. The number of benzene rings is 3. The first-order chi connectivity index (χ1) is 15.1. The van der Waals surface area contributed by atoms with Crippen molar-refractivity contribution in [3.8, 4) is 17.2 Å². The third-order valence-corrected chi connectivity index (χ3v) is 4.56. The Labute approximate surface area is 178 Å². The molecular formula is C24H21N3O4. The van der Waals surface area contributed by atoms with Gasteiger partial charge in [0, 0.05) is 11.1 Å². The van der Waals surface area contributed by atoms with Crippen molar-refractivity contribution in [1.82, 2.24) is 9.78 Å². The van der Waals surface area contributed by atoms with Gasteiger partial charge in [-0.2, -0.15) is 5.10 Å². The zero-order valence-electron chi connectivity index (χ0n) is 16.9. The van der Waals surface area contributed by atoms with Crippen molar-refractivity contribution in [2.24, 2.45) is 0 Å². The summed E-state index contributed by atoms with van der Waals surface area (Å²) in [5.41, 5.74) is 0.297. The van der Waals surface area contributed by atoms with Gasteiger partial charge in [-0.25, -0.2) is 4.68 Å². The first-order valence-electron chi connectivity index (χ1n) is 9.88. The number of hydrogen-bond acceptors (Lipinski definition) is 5. The number of nitrogens with zero attached hydrogens (tertiary/aromatic N) is 2. The van der Waals surface area contributed by atoms with Gasteiger partial charge >= 0.3 is 0 Å². The molecule has 0 spiro atoms. The van der Waals surface area contributed by atoms with E-state index in [-0.39, 0.29) is 18.0 Å². The van der Waals surface area contributed by atoms with Gasteiger partial charge in [-0.15, -0.1) is 0 Å². The topological polar surface area (TPSA) is 82.4 Å². The molecule has 156 valence electrons. The molecule has 0 atom stereocenters. The summed E-state index contributed by atoms with van der Waals surface area (Å²) < 4.78 is 12.4. The molecule has 7 nitrogen and oxygen atoms in total. The number of amides is 1. The number of fused-ring (bicyclic) bond motifs is 1. The van der Waals surface area contributed by atoms with Crippen molar-refractivity contribution in [1.29, 1.82) is 0 Å². The Morgan fingerprint density at radius 3 is 2.29 bits per heavy atom. The van der Waals surface area contributed by atoms with Crippen LogP contribution in [0, 0.1) is 0 Å². The summed E-state index contributed by atoms with van der Waals surface area (Å²) in [5, 5.41) is 8.12. The van der Waals surface area contributed by atoms with Crippen LogP contribution in [0.3, 0.4) is 0 Å². The molecule has 0 saturated carbocycles. The Kier molecular flexibility index (Phi) is 5.93. The van der Waals surface area contributed by atoms with E-state index in [9.17, 15) is 9.59 Å². The van der Waals surface area contributed by atoms with Crippen LogP contribution in [0.15, 0.2) is 83.8 Å². The Hall–Kier alpha value is -4.13. The van der Waals surface area contributed by atoms with E-state index in [0.29, 0.717) is 29.2 Å². The van der Waals surface area contributed by atoms with Gasteiger partial charge in [0.25, 0.3) is 5.56 Å². The van der Waals surface area contributed by atoms with E-state index in [0.717, 1.165) is 15.8 Å². The second-order valence-electron chi connectivity index (χ2n) is 6.77. The van der Waals surface area contributed by atoms with E-state index in [2.05, 4.69) is 10.4 Å². The van der Waals surface area contributed by atoms with Crippen molar-refractivity contribution < 1.29 is 14.3 Å². The molecule has 0 radical (unpaired) electrons. The summed E-state index contributed by atoms with van der Waals surface area (Å²) in [4.78, 5) is 24.9. The first-order valence-corrected chi connectivity index (χ1v) is 9.88. The third kappa shape index (κ3) is 4.90. The summed E-state index contributed by atoms with van der Waals surface area (Å²) in [6.07, 6.45) is 1.58. The lowest BCUT2D eigenvalue weighted by atomic mass is 10.2. The van der Waals surface area contributed by atoms with Gasteiger partial charge in [0.15, 0.2) is 0 Å². The summed E-state index contributed by atoms with van der Waals surface area (Å²) in [5.74, 6) is 1.76. The molecule has 1 amide bonds. The van der Waals surface area contributed by atoms with E-state index in [1.807, 2.05) is 43.3 Å². The fourth-order valence-electron chi connectivity index (χ4n) is 3.09. The van der Waals surface area contributed by atoms with Gasteiger partial charge in [-0.1, -0.05) is 18.2 Å². The summed E-state index contributed by atoms with van der Waals surface area (Å²) in [6.45, 7) is 2.37. The lowest BCUT2D eigenvalue weighted by Gasteiger charge is -2.10. The molecule has 0 aliphatic heterocycles. The van der Waals surface area contributed by atoms with E-state index in [1.54, 1.807) is 42.6 Å². The van der Waals surface area contributed by atoms with Gasteiger partial charge in [0.05, 0.1) is 18.2 Å². The Morgan fingerprint density at radius 1 is 0.935 bits per heavy atom. The molecule has 0 saturated heterocycles. The molecule has 0 fully saturated rings. The number of carbonyl (C=O) groups excluding carboxylic acids is 1. The number of ether oxygens (including phenoxy) is 2. The number of anilines is 1. The van der Waals surface area contributed by atoms with Crippen molar-refractivity contribution in [3.63, 3.8) is 0 Å². The van der Waals surface area contributed by atoms with Gasteiger partial charge in [0.1, 0.15) is 23.8 Å². The largest absolute Gasteiger partial charge is 0.494 e. The van der Waals surface area contributed by atoms with E-state index >= 15 is 0 Å². The average molecular weight is 415 g/mol. The molecule has 7 heteroatoms. The van der Waals surface area contributed by atoms with E-state index in [1.165, 1.54) is 0 Å². The minimum Gasteiger partial charge on any atom is -0.494 e. The minimum absolute atomic E-state index is 0.173. The maximum atomic E-state index is 12.5. The fraction of sp³-hybridized carbons (Fsp3) is 0.125. The highest BCUT2D eigenvalue weighted by Gasteiger charge is 2.09. The quantitative estimate of drug-likeness (QED) is 0.489. The monoisotopic (exact) mass is 415 g/mol. The van der Waals surface area contributed by atoms with Crippen LogP contribution in [0.5, 0.6) is 17.2 Å². The zero-order chi connectivity index (χ0) is 21.6. The predicted molar refractivity (Wildman–Crippen MR) is 119 cm³/mol. The Bertz CT molecular complexity index is 1250. The summed E-state index contributed by atoms with van der Waals surface area (Å²) in [7, 11) is 0. The minimum atomic E-state index is -0.343. The normalized spacial score (nSPS) is 10.6. The second-order valence-corrected chi connectivity index (χ2v) is 6.77. The third-order valence-electron chi connectivity index (χ3n) is 4.56. The van der Waals surface area contributed by atoms with Crippen molar-refractivity contribution >= 4 is 22.4 Å². The smallest absolute Gasteiger partial charge is 0.275 e. The lowest BCUT2D eigenvalue weighted by molar-refractivity contribution is -0.117. The zero-order valence-corrected chi connectivity index (χ0v) is 16.9. The summed E-state index contributed by atoms with van der Waals surface area (Å²) >= 11 is 0.